The van der Waals surface area contributed by atoms with E-state index in [-0.39, 0.29) is 0 Å². The van der Waals surface area contributed by atoms with Gasteiger partial charge in [-0.25, -0.2) is 0 Å². The molecule has 7 heteroatoms. The molecule has 0 spiro atoms. The maximum Gasteiger partial charge on any atom is 0.131 e. The van der Waals surface area contributed by atoms with Crippen molar-refractivity contribution in [2.24, 2.45) is 0 Å². The first kappa shape index (κ1) is 17.1. The summed E-state index contributed by atoms with van der Waals surface area (Å²) < 4.78 is 5.23. The van der Waals surface area contributed by atoms with Gasteiger partial charge >= 0.3 is 0 Å². The van der Waals surface area contributed by atoms with Crippen LogP contribution in [-0.4, -0.2) is 74.4 Å². The first-order valence-electron chi connectivity index (χ1n) is 5.55. The van der Waals surface area contributed by atoms with Crippen LogP contribution in [0.15, 0.2) is 0 Å². The Morgan fingerprint density at radius 2 is 1.59 bits per heavy atom. The first-order chi connectivity index (χ1) is 7.99. The Hall–Kier alpha value is 0.110. The Bertz CT molecular complexity index is 188. The minimum atomic E-state index is -1.62. The molecule has 0 aliphatic carbocycles. The summed E-state index contributed by atoms with van der Waals surface area (Å²) in [6, 6.07) is 0. The molecule has 104 valence electrons. The summed E-state index contributed by atoms with van der Waals surface area (Å²) in [4.78, 5) is 0. The van der Waals surface area contributed by atoms with E-state index >= 15 is 0 Å². The van der Waals surface area contributed by atoms with Crippen molar-refractivity contribution in [3.05, 3.63) is 0 Å². The first-order valence-corrected chi connectivity index (χ1v) is 6.60. The summed E-state index contributed by atoms with van der Waals surface area (Å²) in [5.74, 6) is 0.674. The predicted octanol–water partition coefficient (Wildman–Crippen LogP) is -1.46. The molecule has 0 amide bonds. The largest absolute Gasteiger partial charge is 0.394 e. The van der Waals surface area contributed by atoms with Gasteiger partial charge < -0.3 is 30.3 Å². The van der Waals surface area contributed by atoms with E-state index < -0.39 is 36.5 Å². The third-order valence-electron chi connectivity index (χ3n) is 2.22. The molecule has 0 saturated carbocycles. The number of aliphatic hydroxyl groups excluding tert-OH is 5. The number of rotatable bonds is 9. The fourth-order valence-corrected chi connectivity index (χ4v) is 2.19. The second-order valence-electron chi connectivity index (χ2n) is 3.50. The maximum atomic E-state index is 9.81. The molecule has 0 rings (SSSR count). The number of ether oxygens (including phenoxy) is 1. The van der Waals surface area contributed by atoms with E-state index in [9.17, 15) is 15.3 Å². The Kier molecular flexibility index (Phi) is 9.15. The standard InChI is InChI=1S/C10H22O6S/c1-3-16-10(17-4-2)9(15)8(14)7(13)6(12)5-11/h6-15H,3-5H2,1-2H3. The molecular formula is C10H22O6S. The third-order valence-corrected chi connectivity index (χ3v) is 3.30. The lowest BCUT2D eigenvalue weighted by Gasteiger charge is -2.30. The molecule has 0 aliphatic heterocycles. The van der Waals surface area contributed by atoms with E-state index in [1.165, 1.54) is 11.8 Å². The second-order valence-corrected chi connectivity index (χ2v) is 4.88. The molecule has 0 radical (unpaired) electrons. The highest BCUT2D eigenvalue weighted by Crippen LogP contribution is 2.20. The topological polar surface area (TPSA) is 110 Å². The van der Waals surface area contributed by atoms with Gasteiger partial charge in [0.15, 0.2) is 0 Å². The van der Waals surface area contributed by atoms with Crippen molar-refractivity contribution in [1.29, 1.82) is 0 Å². The fourth-order valence-electron chi connectivity index (χ4n) is 1.27. The minimum Gasteiger partial charge on any atom is -0.394 e. The van der Waals surface area contributed by atoms with Gasteiger partial charge in [-0.3, -0.25) is 0 Å². The molecule has 0 fully saturated rings. The highest BCUT2D eigenvalue weighted by Gasteiger charge is 2.35. The van der Waals surface area contributed by atoms with Crippen molar-refractivity contribution < 1.29 is 30.3 Å². The van der Waals surface area contributed by atoms with E-state index in [0.29, 0.717) is 12.4 Å². The zero-order chi connectivity index (χ0) is 13.4. The van der Waals surface area contributed by atoms with Crippen molar-refractivity contribution in [3.8, 4) is 0 Å². The van der Waals surface area contributed by atoms with E-state index in [0.717, 1.165) is 0 Å². The average Bonchev–Trinajstić information content (AvgIpc) is 2.34. The zero-order valence-corrected chi connectivity index (χ0v) is 10.9. The molecule has 6 nitrogen and oxygen atoms in total. The number of thioether (sulfide) groups is 1. The Morgan fingerprint density at radius 1 is 1.00 bits per heavy atom. The van der Waals surface area contributed by atoms with Crippen molar-refractivity contribution in [3.63, 3.8) is 0 Å². The lowest BCUT2D eigenvalue weighted by atomic mass is 10.0. The molecule has 5 atom stereocenters. The predicted molar refractivity (Wildman–Crippen MR) is 64.7 cm³/mol. The SMILES string of the molecule is CCOC(SCC)C(O)C(O)C(O)C(O)CO. The number of hydrogen-bond acceptors (Lipinski definition) is 7. The van der Waals surface area contributed by atoms with Gasteiger partial charge in [0.05, 0.1) is 6.61 Å². The highest BCUT2D eigenvalue weighted by molar-refractivity contribution is 7.99. The molecule has 0 bridgehead atoms. The molecule has 5 unspecified atom stereocenters. The van der Waals surface area contributed by atoms with Crippen LogP contribution in [0, 0.1) is 0 Å². The molecular weight excluding hydrogens is 248 g/mol. The van der Waals surface area contributed by atoms with Crippen molar-refractivity contribution in [2.45, 2.75) is 43.7 Å². The van der Waals surface area contributed by atoms with Crippen molar-refractivity contribution >= 4 is 11.8 Å². The van der Waals surface area contributed by atoms with Gasteiger partial charge in [0.25, 0.3) is 0 Å². The summed E-state index contributed by atoms with van der Waals surface area (Å²) in [6.45, 7) is 3.29. The van der Waals surface area contributed by atoms with Crippen LogP contribution < -0.4 is 0 Å². The van der Waals surface area contributed by atoms with E-state index in [4.69, 9.17) is 14.9 Å². The summed E-state index contributed by atoms with van der Waals surface area (Å²) >= 11 is 1.29. The zero-order valence-electron chi connectivity index (χ0n) is 10.1. The third kappa shape index (κ3) is 5.52. The molecule has 0 heterocycles. The maximum absolute atomic E-state index is 9.81. The van der Waals surface area contributed by atoms with E-state index in [2.05, 4.69) is 0 Å². The van der Waals surface area contributed by atoms with Crippen molar-refractivity contribution in [1.82, 2.24) is 0 Å². The van der Waals surface area contributed by atoms with Crippen molar-refractivity contribution in [2.75, 3.05) is 19.0 Å². The normalized spacial score (nSPS) is 20.6. The quantitative estimate of drug-likeness (QED) is 0.326. The van der Waals surface area contributed by atoms with Gasteiger partial charge in [-0.1, -0.05) is 6.92 Å². The van der Waals surface area contributed by atoms with Gasteiger partial charge in [-0.15, -0.1) is 11.8 Å². The molecule has 0 aromatic carbocycles. The lowest BCUT2D eigenvalue weighted by molar-refractivity contribution is -0.134. The van der Waals surface area contributed by atoms with Crippen LogP contribution in [-0.2, 0) is 4.74 Å². The Morgan fingerprint density at radius 3 is 2.00 bits per heavy atom. The fraction of sp³-hybridized carbons (Fsp3) is 1.00. The lowest BCUT2D eigenvalue weighted by Crippen LogP contribution is -2.49. The van der Waals surface area contributed by atoms with Gasteiger partial charge in [-0.2, -0.15) is 0 Å². The Balaban J connectivity index is 4.46. The molecule has 0 aromatic rings. The highest BCUT2D eigenvalue weighted by atomic mass is 32.2. The molecule has 0 aliphatic rings. The summed E-state index contributed by atoms with van der Waals surface area (Å²) in [7, 11) is 0. The monoisotopic (exact) mass is 270 g/mol. The van der Waals surface area contributed by atoms with Crippen LogP contribution >= 0.6 is 11.8 Å². The molecule has 0 aromatic heterocycles. The molecule has 0 saturated heterocycles. The van der Waals surface area contributed by atoms with Gasteiger partial charge in [0.1, 0.15) is 29.9 Å². The summed E-state index contributed by atoms with van der Waals surface area (Å²) in [6.07, 6.45) is -6.02. The average molecular weight is 270 g/mol. The smallest absolute Gasteiger partial charge is 0.131 e. The summed E-state index contributed by atoms with van der Waals surface area (Å²) in [5.41, 5.74) is -0.680. The van der Waals surface area contributed by atoms with Crippen LogP contribution in [0.1, 0.15) is 13.8 Å². The van der Waals surface area contributed by atoms with E-state index in [1.807, 2.05) is 6.92 Å². The van der Waals surface area contributed by atoms with Crippen LogP contribution in [0.5, 0.6) is 0 Å². The van der Waals surface area contributed by atoms with Crippen LogP contribution in [0.25, 0.3) is 0 Å². The molecule has 5 N–H and O–H groups in total. The van der Waals surface area contributed by atoms with Crippen LogP contribution in [0.2, 0.25) is 0 Å². The number of hydrogen-bond donors (Lipinski definition) is 5. The van der Waals surface area contributed by atoms with Crippen LogP contribution in [0.4, 0.5) is 0 Å². The summed E-state index contributed by atoms with van der Waals surface area (Å²) in [5, 5.41) is 46.7. The second kappa shape index (κ2) is 9.09. The van der Waals surface area contributed by atoms with Gasteiger partial charge in [-0.05, 0) is 12.7 Å². The van der Waals surface area contributed by atoms with Gasteiger partial charge in [0, 0.05) is 6.61 Å². The van der Waals surface area contributed by atoms with E-state index in [1.54, 1.807) is 6.92 Å². The molecule has 17 heavy (non-hydrogen) atoms. The van der Waals surface area contributed by atoms with Gasteiger partial charge in [0.2, 0.25) is 0 Å². The van der Waals surface area contributed by atoms with Crippen LogP contribution in [0.3, 0.4) is 0 Å². The Labute approximate surface area is 105 Å². The number of aliphatic hydroxyl groups is 5. The minimum absolute atomic E-state index is 0.361.